The van der Waals surface area contributed by atoms with Gasteiger partial charge in [0.05, 0.1) is 15.5 Å². The van der Waals surface area contributed by atoms with Crippen LogP contribution < -0.4 is 5.32 Å². The van der Waals surface area contributed by atoms with Crippen LogP contribution in [0.4, 0.5) is 5.69 Å². The van der Waals surface area contributed by atoms with Crippen molar-refractivity contribution in [3.05, 3.63) is 18.2 Å². The minimum Gasteiger partial charge on any atom is -0.381 e. The van der Waals surface area contributed by atoms with Crippen molar-refractivity contribution in [2.24, 2.45) is 0 Å². The molecule has 0 aliphatic rings. The predicted octanol–water partition coefficient (Wildman–Crippen LogP) is 2.09. The van der Waals surface area contributed by atoms with E-state index in [2.05, 4.69) is 5.32 Å². The van der Waals surface area contributed by atoms with Crippen molar-refractivity contribution in [2.45, 2.75) is 42.5 Å². The van der Waals surface area contributed by atoms with Crippen molar-refractivity contribution >= 4 is 25.4 Å². The molecule has 114 valence electrons. The van der Waals surface area contributed by atoms with Gasteiger partial charge in [0.25, 0.3) is 0 Å². The molecule has 5 nitrogen and oxygen atoms in total. The third-order valence-corrected chi connectivity index (χ3v) is 5.37. The lowest BCUT2D eigenvalue weighted by atomic mass is 10.1. The van der Waals surface area contributed by atoms with Gasteiger partial charge < -0.3 is 5.32 Å². The van der Waals surface area contributed by atoms with Crippen molar-refractivity contribution in [3.8, 4) is 0 Å². The molecule has 0 atom stereocenters. The Kier molecular flexibility index (Phi) is 5.21. The van der Waals surface area contributed by atoms with E-state index in [4.69, 9.17) is 0 Å². The lowest BCUT2D eigenvalue weighted by molar-refractivity contribution is 0.599. The summed E-state index contributed by atoms with van der Waals surface area (Å²) >= 11 is 0. The number of anilines is 1. The topological polar surface area (TPSA) is 80.3 Å². The van der Waals surface area contributed by atoms with Gasteiger partial charge in [-0.05, 0) is 31.0 Å². The number of benzene rings is 1. The van der Waals surface area contributed by atoms with E-state index in [9.17, 15) is 16.8 Å². The van der Waals surface area contributed by atoms with Crippen molar-refractivity contribution in [2.75, 3.05) is 17.8 Å². The summed E-state index contributed by atoms with van der Waals surface area (Å²) in [4.78, 5) is 0.0281. The Morgan fingerprint density at radius 2 is 1.55 bits per heavy atom. The number of rotatable bonds is 6. The summed E-state index contributed by atoms with van der Waals surface area (Å²) in [5.41, 5.74) is 0.452. The second kappa shape index (κ2) is 6.13. The molecule has 1 aromatic carbocycles. The zero-order valence-electron chi connectivity index (χ0n) is 12.2. The van der Waals surface area contributed by atoms with Crippen molar-refractivity contribution < 1.29 is 16.8 Å². The Balaban J connectivity index is 3.40. The molecule has 0 bridgehead atoms. The van der Waals surface area contributed by atoms with E-state index in [-0.39, 0.29) is 15.8 Å². The minimum absolute atomic E-state index is 0.00743. The van der Waals surface area contributed by atoms with Crippen LogP contribution in [0.5, 0.6) is 0 Å². The molecule has 1 N–H and O–H groups in total. The lowest BCUT2D eigenvalue weighted by Crippen LogP contribution is -2.19. The van der Waals surface area contributed by atoms with Crippen molar-refractivity contribution in [3.63, 3.8) is 0 Å². The molecule has 0 saturated carbocycles. The number of hydrogen-bond donors (Lipinski definition) is 1. The third-order valence-electron chi connectivity index (χ3n) is 3.13. The van der Waals surface area contributed by atoms with Crippen LogP contribution in [-0.2, 0) is 19.7 Å². The van der Waals surface area contributed by atoms with E-state index in [1.54, 1.807) is 0 Å². The van der Waals surface area contributed by atoms with Gasteiger partial charge in [0, 0.05) is 18.6 Å². The Morgan fingerprint density at radius 1 is 1.00 bits per heavy atom. The van der Waals surface area contributed by atoms with Gasteiger partial charge in [-0.3, -0.25) is 0 Å². The smallest absolute Gasteiger partial charge is 0.177 e. The largest absolute Gasteiger partial charge is 0.381 e. The highest BCUT2D eigenvalue weighted by Crippen LogP contribution is 2.26. The molecule has 20 heavy (non-hydrogen) atoms. The first-order valence-corrected chi connectivity index (χ1v) is 10.2. The molecule has 0 unspecified atom stereocenters. The maximum atomic E-state index is 11.9. The Hall–Kier alpha value is -1.08. The summed E-state index contributed by atoms with van der Waals surface area (Å²) in [5.74, 6) is 0. The zero-order chi connectivity index (χ0) is 15.6. The van der Waals surface area contributed by atoms with Crippen LogP contribution >= 0.6 is 0 Å². The first-order chi connectivity index (χ1) is 9.09. The standard InChI is InChI=1S/C13H21NO4S2/c1-5-10(6-2)14-12-8-7-11(19(3,15)16)9-13(12)20(4,17)18/h7-10,14H,5-6H2,1-4H3. The van der Waals surface area contributed by atoms with Crippen LogP contribution in [0.15, 0.2) is 28.0 Å². The van der Waals surface area contributed by atoms with E-state index < -0.39 is 19.7 Å². The quantitative estimate of drug-likeness (QED) is 0.868. The van der Waals surface area contributed by atoms with Gasteiger partial charge in [-0.1, -0.05) is 13.8 Å². The highest BCUT2D eigenvalue weighted by molar-refractivity contribution is 7.91. The number of hydrogen-bond acceptors (Lipinski definition) is 5. The normalized spacial score (nSPS) is 12.7. The van der Waals surface area contributed by atoms with Gasteiger partial charge in [-0.15, -0.1) is 0 Å². The van der Waals surface area contributed by atoms with Crippen LogP contribution in [0.1, 0.15) is 26.7 Å². The maximum Gasteiger partial charge on any atom is 0.177 e. The monoisotopic (exact) mass is 319 g/mol. The number of sulfone groups is 2. The molecule has 0 saturated heterocycles. The lowest BCUT2D eigenvalue weighted by Gasteiger charge is -2.19. The molecule has 0 spiro atoms. The molecule has 0 radical (unpaired) electrons. The number of nitrogens with one attached hydrogen (secondary N) is 1. The molecular formula is C13H21NO4S2. The average molecular weight is 319 g/mol. The molecular weight excluding hydrogens is 298 g/mol. The molecule has 0 aliphatic heterocycles. The molecule has 7 heteroatoms. The van der Waals surface area contributed by atoms with E-state index in [0.717, 1.165) is 25.4 Å². The molecule has 0 heterocycles. The highest BCUT2D eigenvalue weighted by atomic mass is 32.2. The Morgan fingerprint density at radius 3 is 1.95 bits per heavy atom. The zero-order valence-corrected chi connectivity index (χ0v) is 13.8. The van der Waals surface area contributed by atoms with Crippen LogP contribution in [-0.4, -0.2) is 35.4 Å². The second-order valence-corrected chi connectivity index (χ2v) is 8.86. The van der Waals surface area contributed by atoms with E-state index >= 15 is 0 Å². The molecule has 0 aromatic heterocycles. The Bertz CT molecular complexity index is 674. The van der Waals surface area contributed by atoms with Gasteiger partial charge in [0.2, 0.25) is 0 Å². The summed E-state index contributed by atoms with van der Waals surface area (Å²) in [5, 5.41) is 3.16. The van der Waals surface area contributed by atoms with Crippen LogP contribution in [0.25, 0.3) is 0 Å². The first-order valence-electron chi connectivity index (χ1n) is 6.40. The first kappa shape index (κ1) is 17.0. The second-order valence-electron chi connectivity index (χ2n) is 4.86. The van der Waals surface area contributed by atoms with Gasteiger partial charge in [0.15, 0.2) is 19.7 Å². The average Bonchev–Trinajstić information content (AvgIpc) is 2.33. The molecule has 0 amide bonds. The van der Waals surface area contributed by atoms with Crippen LogP contribution in [0, 0.1) is 0 Å². The van der Waals surface area contributed by atoms with Crippen LogP contribution in [0.3, 0.4) is 0 Å². The van der Waals surface area contributed by atoms with Gasteiger partial charge in [-0.25, -0.2) is 16.8 Å². The van der Waals surface area contributed by atoms with Crippen molar-refractivity contribution in [1.82, 2.24) is 0 Å². The van der Waals surface area contributed by atoms with E-state index in [1.165, 1.54) is 18.2 Å². The third kappa shape index (κ3) is 4.21. The van der Waals surface area contributed by atoms with E-state index in [1.807, 2.05) is 13.8 Å². The van der Waals surface area contributed by atoms with Crippen molar-refractivity contribution in [1.29, 1.82) is 0 Å². The SMILES string of the molecule is CCC(CC)Nc1ccc(S(C)(=O)=O)cc1S(C)(=O)=O. The molecule has 0 fully saturated rings. The fraction of sp³-hybridized carbons (Fsp3) is 0.538. The summed E-state index contributed by atoms with van der Waals surface area (Å²) in [7, 11) is -6.94. The minimum atomic E-state index is -3.51. The summed E-state index contributed by atoms with van der Waals surface area (Å²) in [6.07, 6.45) is 3.84. The van der Waals surface area contributed by atoms with Crippen LogP contribution in [0.2, 0.25) is 0 Å². The highest BCUT2D eigenvalue weighted by Gasteiger charge is 2.19. The Labute approximate surface area is 121 Å². The fourth-order valence-electron chi connectivity index (χ4n) is 1.87. The van der Waals surface area contributed by atoms with E-state index in [0.29, 0.717) is 5.69 Å². The van der Waals surface area contributed by atoms with Gasteiger partial charge >= 0.3 is 0 Å². The maximum absolute atomic E-state index is 11.9. The van der Waals surface area contributed by atoms with Gasteiger partial charge in [0.1, 0.15) is 0 Å². The predicted molar refractivity (Wildman–Crippen MR) is 80.7 cm³/mol. The summed E-state index contributed by atoms with van der Waals surface area (Å²) in [6, 6.07) is 4.31. The van der Waals surface area contributed by atoms with Gasteiger partial charge in [-0.2, -0.15) is 0 Å². The molecule has 1 rings (SSSR count). The molecule has 1 aromatic rings. The summed E-state index contributed by atoms with van der Waals surface area (Å²) < 4.78 is 46.8. The molecule has 0 aliphatic carbocycles. The fourth-order valence-corrected chi connectivity index (χ4v) is 3.46. The summed E-state index contributed by atoms with van der Waals surface area (Å²) in [6.45, 7) is 4.01.